The van der Waals surface area contributed by atoms with Crippen LogP contribution in [-0.2, 0) is 7.05 Å². The summed E-state index contributed by atoms with van der Waals surface area (Å²) in [5.74, 6) is 0.685. The van der Waals surface area contributed by atoms with Crippen molar-refractivity contribution in [3.63, 3.8) is 0 Å². The van der Waals surface area contributed by atoms with Gasteiger partial charge in [0.25, 0.3) is 0 Å². The van der Waals surface area contributed by atoms with Gasteiger partial charge in [-0.05, 0) is 30.2 Å². The number of aromatic nitrogens is 2. The van der Waals surface area contributed by atoms with E-state index in [4.69, 9.17) is 22.1 Å². The molecule has 2 aromatic rings. The lowest BCUT2D eigenvalue weighted by Gasteiger charge is -2.17. The second-order valence-electron chi connectivity index (χ2n) is 4.20. The van der Waals surface area contributed by atoms with Crippen molar-refractivity contribution in [2.45, 2.75) is 13.0 Å². The molecule has 0 amide bonds. The second-order valence-corrected chi connectivity index (χ2v) is 4.64. The van der Waals surface area contributed by atoms with Crippen molar-refractivity contribution in [2.75, 3.05) is 7.11 Å². The quantitative estimate of drug-likeness (QED) is 0.927. The van der Waals surface area contributed by atoms with E-state index in [2.05, 4.69) is 5.10 Å². The first kappa shape index (κ1) is 12.9. The smallest absolute Gasteiger partial charge is 0.161 e. The zero-order valence-electron chi connectivity index (χ0n) is 10.6. The molecule has 0 aliphatic carbocycles. The third-order valence-corrected chi connectivity index (χ3v) is 3.28. The molecule has 18 heavy (non-hydrogen) atoms. The Morgan fingerprint density at radius 3 is 2.83 bits per heavy atom. The van der Waals surface area contributed by atoms with Gasteiger partial charge in [-0.25, -0.2) is 0 Å². The summed E-state index contributed by atoms with van der Waals surface area (Å²) in [5.41, 5.74) is 9.21. The van der Waals surface area contributed by atoms with Crippen molar-refractivity contribution in [1.29, 1.82) is 0 Å². The molecule has 0 radical (unpaired) electrons. The number of ether oxygens (including phenoxy) is 1. The van der Waals surface area contributed by atoms with E-state index in [1.54, 1.807) is 18.0 Å². The van der Waals surface area contributed by atoms with Crippen LogP contribution in [0, 0.1) is 6.92 Å². The lowest BCUT2D eigenvalue weighted by Crippen LogP contribution is -2.18. The molecule has 1 aromatic heterocycles. The van der Waals surface area contributed by atoms with Gasteiger partial charge < -0.3 is 10.5 Å². The number of nitrogens with two attached hydrogens (primary N) is 1. The molecule has 0 saturated heterocycles. The Morgan fingerprint density at radius 1 is 1.44 bits per heavy atom. The normalized spacial score (nSPS) is 12.5. The summed E-state index contributed by atoms with van der Waals surface area (Å²) >= 11 is 6.03. The predicted molar refractivity (Wildman–Crippen MR) is 72.0 cm³/mol. The molecule has 1 heterocycles. The molecule has 0 aliphatic rings. The topological polar surface area (TPSA) is 53.1 Å². The van der Waals surface area contributed by atoms with E-state index in [9.17, 15) is 0 Å². The van der Waals surface area contributed by atoms with Gasteiger partial charge in [0.1, 0.15) is 5.69 Å². The van der Waals surface area contributed by atoms with E-state index < -0.39 is 0 Å². The molecule has 1 atom stereocenters. The lowest BCUT2D eigenvalue weighted by atomic mass is 9.99. The summed E-state index contributed by atoms with van der Waals surface area (Å²) in [6, 6.07) is 5.38. The standard InChI is InChI=1S/C13H16ClN3O/c1-8-4-5-9(14)6-10(8)12(15)13-11(18-3)7-16-17(13)2/h4-7,12H,15H2,1-3H3. The highest BCUT2D eigenvalue weighted by molar-refractivity contribution is 6.30. The minimum atomic E-state index is -0.314. The summed E-state index contributed by atoms with van der Waals surface area (Å²) in [6.07, 6.45) is 1.66. The minimum absolute atomic E-state index is 0.314. The van der Waals surface area contributed by atoms with E-state index in [0.29, 0.717) is 10.8 Å². The fourth-order valence-electron chi connectivity index (χ4n) is 2.03. The zero-order valence-corrected chi connectivity index (χ0v) is 11.4. The number of hydrogen-bond acceptors (Lipinski definition) is 3. The van der Waals surface area contributed by atoms with Gasteiger partial charge in [-0.15, -0.1) is 0 Å². The lowest BCUT2D eigenvalue weighted by molar-refractivity contribution is 0.406. The fourth-order valence-corrected chi connectivity index (χ4v) is 2.21. The molecule has 1 aromatic carbocycles. The summed E-state index contributed by atoms with van der Waals surface area (Å²) in [5, 5.41) is 4.84. The van der Waals surface area contributed by atoms with Crippen LogP contribution in [0.4, 0.5) is 0 Å². The summed E-state index contributed by atoms with van der Waals surface area (Å²) in [4.78, 5) is 0. The number of hydrogen-bond donors (Lipinski definition) is 1. The van der Waals surface area contributed by atoms with E-state index in [1.807, 2.05) is 32.2 Å². The van der Waals surface area contributed by atoms with Crippen LogP contribution in [0.15, 0.2) is 24.4 Å². The average Bonchev–Trinajstić information content (AvgIpc) is 2.72. The van der Waals surface area contributed by atoms with Crippen molar-refractivity contribution in [3.8, 4) is 5.75 Å². The number of halogens is 1. The Balaban J connectivity index is 2.50. The van der Waals surface area contributed by atoms with Gasteiger partial charge in [-0.2, -0.15) is 5.10 Å². The van der Waals surface area contributed by atoms with Crippen LogP contribution in [0.3, 0.4) is 0 Å². The van der Waals surface area contributed by atoms with Gasteiger partial charge in [0.2, 0.25) is 0 Å². The highest BCUT2D eigenvalue weighted by Crippen LogP contribution is 2.30. The first-order valence-electron chi connectivity index (χ1n) is 5.62. The van der Waals surface area contributed by atoms with Crippen LogP contribution in [0.25, 0.3) is 0 Å². The molecule has 0 spiro atoms. The van der Waals surface area contributed by atoms with Crippen molar-refractivity contribution in [1.82, 2.24) is 9.78 Å². The van der Waals surface area contributed by atoms with Crippen molar-refractivity contribution in [2.24, 2.45) is 12.8 Å². The third-order valence-electron chi connectivity index (χ3n) is 3.04. The Morgan fingerprint density at radius 2 is 2.17 bits per heavy atom. The van der Waals surface area contributed by atoms with Gasteiger partial charge in [-0.3, -0.25) is 4.68 Å². The zero-order chi connectivity index (χ0) is 13.3. The highest BCUT2D eigenvalue weighted by Gasteiger charge is 2.20. The van der Waals surface area contributed by atoms with Crippen molar-refractivity contribution < 1.29 is 4.74 Å². The largest absolute Gasteiger partial charge is 0.493 e. The van der Waals surface area contributed by atoms with Gasteiger partial charge in [0, 0.05) is 12.1 Å². The van der Waals surface area contributed by atoms with E-state index in [-0.39, 0.29) is 6.04 Å². The molecule has 0 fully saturated rings. The van der Waals surface area contributed by atoms with Gasteiger partial charge in [0.15, 0.2) is 5.75 Å². The van der Waals surface area contributed by atoms with Gasteiger partial charge >= 0.3 is 0 Å². The number of benzene rings is 1. The number of rotatable bonds is 3. The fraction of sp³-hybridized carbons (Fsp3) is 0.308. The Bertz CT molecular complexity index is 565. The summed E-state index contributed by atoms with van der Waals surface area (Å²) in [6.45, 7) is 2.01. The SMILES string of the molecule is COc1cnn(C)c1C(N)c1cc(Cl)ccc1C. The number of aryl methyl sites for hydroxylation is 2. The molecule has 5 heteroatoms. The summed E-state index contributed by atoms with van der Waals surface area (Å²) < 4.78 is 7.01. The van der Waals surface area contributed by atoms with Crippen LogP contribution in [0.2, 0.25) is 5.02 Å². The Hall–Kier alpha value is -1.52. The molecular formula is C13H16ClN3O. The number of methoxy groups -OCH3 is 1. The van der Waals surface area contributed by atoms with E-state index in [0.717, 1.165) is 16.8 Å². The van der Waals surface area contributed by atoms with Crippen LogP contribution in [0.5, 0.6) is 5.75 Å². The van der Waals surface area contributed by atoms with Gasteiger partial charge in [-0.1, -0.05) is 17.7 Å². The average molecular weight is 266 g/mol. The summed E-state index contributed by atoms with van der Waals surface area (Å²) in [7, 11) is 3.45. The molecule has 0 saturated carbocycles. The molecule has 0 aliphatic heterocycles. The maximum atomic E-state index is 6.31. The Labute approximate surface area is 111 Å². The third kappa shape index (κ3) is 2.21. The van der Waals surface area contributed by atoms with Crippen LogP contribution in [0.1, 0.15) is 22.9 Å². The van der Waals surface area contributed by atoms with Crippen molar-refractivity contribution in [3.05, 3.63) is 46.2 Å². The molecular weight excluding hydrogens is 250 g/mol. The maximum Gasteiger partial charge on any atom is 0.161 e. The van der Waals surface area contributed by atoms with E-state index >= 15 is 0 Å². The predicted octanol–water partition coefficient (Wildman–Crippen LogP) is 2.44. The molecule has 1 unspecified atom stereocenters. The number of nitrogens with zero attached hydrogens (tertiary/aromatic N) is 2. The maximum absolute atomic E-state index is 6.31. The highest BCUT2D eigenvalue weighted by atomic mass is 35.5. The van der Waals surface area contributed by atoms with Gasteiger partial charge in [0.05, 0.1) is 19.3 Å². The first-order chi connectivity index (χ1) is 8.54. The first-order valence-corrected chi connectivity index (χ1v) is 6.00. The molecule has 2 N–H and O–H groups in total. The molecule has 0 bridgehead atoms. The second kappa shape index (κ2) is 5.00. The van der Waals surface area contributed by atoms with Crippen LogP contribution in [-0.4, -0.2) is 16.9 Å². The Kier molecular flexibility index (Phi) is 3.59. The monoisotopic (exact) mass is 265 g/mol. The van der Waals surface area contributed by atoms with Crippen LogP contribution >= 0.6 is 11.6 Å². The van der Waals surface area contributed by atoms with Crippen molar-refractivity contribution >= 4 is 11.6 Å². The van der Waals surface area contributed by atoms with Crippen LogP contribution < -0.4 is 10.5 Å². The van der Waals surface area contributed by atoms with E-state index in [1.165, 1.54) is 0 Å². The molecule has 2 rings (SSSR count). The molecule has 96 valence electrons. The minimum Gasteiger partial charge on any atom is -0.493 e. The molecule has 4 nitrogen and oxygen atoms in total.